The second-order valence-electron chi connectivity index (χ2n) is 3.58. The highest BCUT2D eigenvalue weighted by atomic mass is 16.5. The number of benzene rings is 1. The van der Waals surface area contributed by atoms with Crippen molar-refractivity contribution in [2.45, 2.75) is 6.92 Å². The van der Waals surface area contributed by atoms with Crippen LogP contribution in [0, 0.1) is 6.92 Å². The van der Waals surface area contributed by atoms with Gasteiger partial charge in [0.1, 0.15) is 11.4 Å². The van der Waals surface area contributed by atoms with E-state index in [1.807, 2.05) is 19.1 Å². The number of hydrogen-bond donors (Lipinski definition) is 1. The van der Waals surface area contributed by atoms with Gasteiger partial charge in [0.2, 0.25) is 0 Å². The number of aromatic amines is 1. The minimum Gasteiger partial charge on any atom is -0.497 e. The van der Waals surface area contributed by atoms with E-state index < -0.39 is 0 Å². The summed E-state index contributed by atoms with van der Waals surface area (Å²) in [7, 11) is 2.98. The van der Waals surface area contributed by atoms with Gasteiger partial charge in [0, 0.05) is 17.0 Å². The van der Waals surface area contributed by atoms with Crippen molar-refractivity contribution in [1.29, 1.82) is 0 Å². The number of nitrogens with one attached hydrogen (secondary N) is 1. The molecule has 0 aliphatic heterocycles. The van der Waals surface area contributed by atoms with E-state index in [1.165, 1.54) is 7.11 Å². The fourth-order valence-electron chi connectivity index (χ4n) is 1.72. The van der Waals surface area contributed by atoms with Crippen molar-refractivity contribution in [3.05, 3.63) is 29.5 Å². The van der Waals surface area contributed by atoms with E-state index in [2.05, 4.69) is 9.72 Å². The molecule has 4 nitrogen and oxygen atoms in total. The summed E-state index contributed by atoms with van der Waals surface area (Å²) in [5, 5.41) is 1.00. The normalized spacial score (nSPS) is 10.4. The second kappa shape index (κ2) is 3.89. The Balaban J connectivity index is 2.61. The molecule has 1 aromatic carbocycles. The van der Waals surface area contributed by atoms with Crippen LogP contribution in [0.5, 0.6) is 5.75 Å². The van der Waals surface area contributed by atoms with Crippen LogP contribution in [0.25, 0.3) is 10.9 Å². The lowest BCUT2D eigenvalue weighted by Crippen LogP contribution is -2.00. The lowest BCUT2D eigenvalue weighted by Gasteiger charge is -2.01. The number of ether oxygens (including phenoxy) is 2. The molecule has 2 rings (SSSR count). The standard InChI is InChI=1S/C12H13NO3/c1-7-4-8(15-2)5-10-9(7)6-11(13-10)12(14)16-3/h4-6,13H,1-3H3. The molecule has 0 saturated carbocycles. The molecule has 0 aliphatic rings. The molecule has 1 heterocycles. The van der Waals surface area contributed by atoms with E-state index in [0.29, 0.717) is 5.69 Å². The molecule has 84 valence electrons. The summed E-state index contributed by atoms with van der Waals surface area (Å²) in [4.78, 5) is 14.4. The first kappa shape index (κ1) is 10.5. The van der Waals surface area contributed by atoms with E-state index in [0.717, 1.165) is 22.2 Å². The third kappa shape index (κ3) is 1.62. The molecule has 0 spiro atoms. The summed E-state index contributed by atoms with van der Waals surface area (Å²) >= 11 is 0. The van der Waals surface area contributed by atoms with E-state index in [4.69, 9.17) is 4.74 Å². The quantitative estimate of drug-likeness (QED) is 0.788. The number of methoxy groups -OCH3 is 2. The average Bonchev–Trinajstić information content (AvgIpc) is 2.72. The van der Waals surface area contributed by atoms with Crippen molar-refractivity contribution >= 4 is 16.9 Å². The van der Waals surface area contributed by atoms with Gasteiger partial charge in [-0.05, 0) is 24.6 Å². The van der Waals surface area contributed by atoms with Gasteiger partial charge in [-0.2, -0.15) is 0 Å². The Morgan fingerprint density at radius 1 is 1.25 bits per heavy atom. The van der Waals surface area contributed by atoms with Gasteiger partial charge in [0.25, 0.3) is 0 Å². The Morgan fingerprint density at radius 3 is 2.62 bits per heavy atom. The molecule has 0 aliphatic carbocycles. The van der Waals surface area contributed by atoms with E-state index >= 15 is 0 Å². The highest BCUT2D eigenvalue weighted by Gasteiger charge is 2.11. The number of hydrogen-bond acceptors (Lipinski definition) is 3. The molecule has 0 atom stereocenters. The highest BCUT2D eigenvalue weighted by molar-refractivity contribution is 5.96. The van der Waals surface area contributed by atoms with Crippen molar-refractivity contribution in [3.63, 3.8) is 0 Å². The summed E-state index contributed by atoms with van der Waals surface area (Å²) in [5.74, 6) is 0.401. The summed E-state index contributed by atoms with van der Waals surface area (Å²) < 4.78 is 9.82. The smallest absolute Gasteiger partial charge is 0.354 e. The van der Waals surface area contributed by atoms with Crippen LogP contribution < -0.4 is 4.74 Å². The number of carbonyl (C=O) groups is 1. The molecule has 2 aromatic rings. The number of aromatic nitrogens is 1. The van der Waals surface area contributed by atoms with Crippen LogP contribution in [0.1, 0.15) is 16.1 Å². The van der Waals surface area contributed by atoms with Gasteiger partial charge in [-0.15, -0.1) is 0 Å². The summed E-state index contributed by atoms with van der Waals surface area (Å²) in [6, 6.07) is 5.57. The molecule has 0 fully saturated rings. The van der Waals surface area contributed by atoms with Gasteiger partial charge in [-0.25, -0.2) is 4.79 Å². The number of carbonyl (C=O) groups excluding carboxylic acids is 1. The molecule has 0 radical (unpaired) electrons. The van der Waals surface area contributed by atoms with Gasteiger partial charge in [-0.3, -0.25) is 0 Å². The molecule has 0 unspecified atom stereocenters. The number of esters is 1. The monoisotopic (exact) mass is 219 g/mol. The first-order valence-corrected chi connectivity index (χ1v) is 4.91. The fourth-order valence-corrected chi connectivity index (χ4v) is 1.72. The van der Waals surface area contributed by atoms with Crippen LogP contribution in [0.3, 0.4) is 0 Å². The number of fused-ring (bicyclic) bond motifs is 1. The molecule has 1 aromatic heterocycles. The largest absolute Gasteiger partial charge is 0.497 e. The zero-order valence-corrected chi connectivity index (χ0v) is 9.46. The Kier molecular flexibility index (Phi) is 2.56. The summed E-state index contributed by atoms with van der Waals surface area (Å²) in [5.41, 5.74) is 2.38. The molecular weight excluding hydrogens is 206 g/mol. The van der Waals surface area contributed by atoms with Crippen LogP contribution in [-0.4, -0.2) is 25.2 Å². The van der Waals surface area contributed by atoms with Crippen LogP contribution in [0.4, 0.5) is 0 Å². The van der Waals surface area contributed by atoms with Crippen LogP contribution in [0.2, 0.25) is 0 Å². The Hall–Kier alpha value is -1.97. The fraction of sp³-hybridized carbons (Fsp3) is 0.250. The van der Waals surface area contributed by atoms with Crippen LogP contribution in [-0.2, 0) is 4.74 Å². The van der Waals surface area contributed by atoms with Crippen molar-refractivity contribution in [2.24, 2.45) is 0 Å². The third-order valence-corrected chi connectivity index (χ3v) is 2.56. The van der Waals surface area contributed by atoms with E-state index in [1.54, 1.807) is 13.2 Å². The zero-order valence-electron chi connectivity index (χ0n) is 9.46. The molecule has 0 bridgehead atoms. The van der Waals surface area contributed by atoms with Gasteiger partial charge in [0.15, 0.2) is 0 Å². The molecule has 4 heteroatoms. The second-order valence-corrected chi connectivity index (χ2v) is 3.58. The van der Waals surface area contributed by atoms with Crippen molar-refractivity contribution in [2.75, 3.05) is 14.2 Å². The predicted octanol–water partition coefficient (Wildman–Crippen LogP) is 2.27. The van der Waals surface area contributed by atoms with Gasteiger partial charge < -0.3 is 14.5 Å². The SMILES string of the molecule is COC(=O)c1cc2c(C)cc(OC)cc2[nH]1. The van der Waals surface area contributed by atoms with Crippen molar-refractivity contribution in [3.8, 4) is 5.75 Å². The Labute approximate surface area is 93.2 Å². The first-order valence-electron chi connectivity index (χ1n) is 4.91. The van der Waals surface area contributed by atoms with Crippen molar-refractivity contribution < 1.29 is 14.3 Å². The van der Waals surface area contributed by atoms with Gasteiger partial charge in [-0.1, -0.05) is 0 Å². The molecule has 16 heavy (non-hydrogen) atoms. The number of aryl methyl sites for hydroxylation is 1. The Bertz CT molecular complexity index is 542. The minimum atomic E-state index is -0.366. The van der Waals surface area contributed by atoms with E-state index in [-0.39, 0.29) is 5.97 Å². The van der Waals surface area contributed by atoms with Crippen molar-refractivity contribution in [1.82, 2.24) is 4.98 Å². The lowest BCUT2D eigenvalue weighted by atomic mass is 10.1. The molecule has 1 N–H and O–H groups in total. The zero-order chi connectivity index (χ0) is 11.7. The minimum absolute atomic E-state index is 0.366. The topological polar surface area (TPSA) is 51.3 Å². The van der Waals surface area contributed by atoms with Crippen LogP contribution in [0.15, 0.2) is 18.2 Å². The highest BCUT2D eigenvalue weighted by Crippen LogP contribution is 2.25. The maximum absolute atomic E-state index is 11.4. The predicted molar refractivity (Wildman–Crippen MR) is 60.9 cm³/mol. The maximum Gasteiger partial charge on any atom is 0.354 e. The third-order valence-electron chi connectivity index (χ3n) is 2.56. The number of H-pyrrole nitrogens is 1. The lowest BCUT2D eigenvalue weighted by molar-refractivity contribution is 0.0595. The van der Waals surface area contributed by atoms with Crippen LogP contribution >= 0.6 is 0 Å². The van der Waals surface area contributed by atoms with Gasteiger partial charge >= 0.3 is 5.97 Å². The van der Waals surface area contributed by atoms with E-state index in [9.17, 15) is 4.79 Å². The van der Waals surface area contributed by atoms with Gasteiger partial charge in [0.05, 0.1) is 14.2 Å². The summed E-state index contributed by atoms with van der Waals surface area (Å²) in [6.45, 7) is 1.97. The molecule has 0 amide bonds. The summed E-state index contributed by atoms with van der Waals surface area (Å²) in [6.07, 6.45) is 0. The first-order chi connectivity index (χ1) is 7.65. The number of rotatable bonds is 2. The molecule has 0 saturated heterocycles. The Morgan fingerprint density at radius 2 is 2.00 bits per heavy atom. The molecular formula is C12H13NO3. The average molecular weight is 219 g/mol. The maximum atomic E-state index is 11.4.